The van der Waals surface area contributed by atoms with Gasteiger partial charge in [-0.25, -0.2) is 9.37 Å². The normalized spacial score (nSPS) is 11.3. The van der Waals surface area contributed by atoms with Crippen molar-refractivity contribution in [2.45, 2.75) is 19.5 Å². The molecule has 0 unspecified atom stereocenters. The molecule has 5 nitrogen and oxygen atoms in total. The molecule has 0 fully saturated rings. The summed E-state index contributed by atoms with van der Waals surface area (Å²) >= 11 is 3.15. The third kappa shape index (κ3) is 2.40. The minimum atomic E-state index is -0.314. The van der Waals surface area contributed by atoms with Gasteiger partial charge in [-0.05, 0) is 34.5 Å². The number of aromatic nitrogens is 4. The molecule has 0 saturated carbocycles. The Labute approximate surface area is 123 Å². The van der Waals surface area contributed by atoms with Crippen LogP contribution in [0.15, 0.2) is 35.1 Å². The van der Waals surface area contributed by atoms with Crippen molar-refractivity contribution < 1.29 is 4.39 Å². The zero-order valence-electron chi connectivity index (χ0n) is 10.6. The average molecular weight is 338 g/mol. The Bertz CT molecular complexity index is 735. The van der Waals surface area contributed by atoms with Gasteiger partial charge in [-0.1, -0.05) is 0 Å². The number of benzene rings is 1. The van der Waals surface area contributed by atoms with Crippen LogP contribution in [0.3, 0.4) is 0 Å². The molecule has 0 aliphatic carbocycles. The Balaban J connectivity index is 1.83. The molecule has 0 bridgehead atoms. The van der Waals surface area contributed by atoms with Crippen molar-refractivity contribution in [3.05, 3.63) is 40.9 Å². The highest BCUT2D eigenvalue weighted by Gasteiger charge is 2.11. The number of halogens is 2. The number of aryl methyl sites for hydroxylation is 2. The summed E-state index contributed by atoms with van der Waals surface area (Å²) in [6, 6.07) is 4.98. The molecule has 0 atom stereocenters. The summed E-state index contributed by atoms with van der Waals surface area (Å²) in [5, 5.41) is 4.14. The van der Waals surface area contributed by atoms with Gasteiger partial charge in [0, 0.05) is 31.5 Å². The predicted molar refractivity (Wildman–Crippen MR) is 78.6 cm³/mol. The van der Waals surface area contributed by atoms with Crippen LogP contribution in [0.2, 0.25) is 0 Å². The molecule has 3 aromatic rings. The van der Waals surface area contributed by atoms with Gasteiger partial charge >= 0.3 is 0 Å². The predicted octanol–water partition coefficient (Wildman–Crippen LogP) is 2.81. The molecule has 0 saturated heterocycles. The minimum Gasteiger partial charge on any atom is -0.369 e. The second-order valence-corrected chi connectivity index (χ2v) is 5.35. The number of anilines is 1. The van der Waals surface area contributed by atoms with E-state index in [1.807, 2.05) is 21.5 Å². The standard InChI is InChI=1S/C13H13BrFN5/c14-9-7-11-12(8-10(9)15)20(13(16)18-11)6-2-5-19-4-1-3-17-19/h1,3-4,7-8H,2,5-6H2,(H2,16,18). The fourth-order valence-electron chi connectivity index (χ4n) is 2.20. The number of hydrogen-bond acceptors (Lipinski definition) is 3. The lowest BCUT2D eigenvalue weighted by Crippen LogP contribution is -2.07. The summed E-state index contributed by atoms with van der Waals surface area (Å²) in [5.41, 5.74) is 7.31. The Kier molecular flexibility index (Phi) is 3.43. The minimum absolute atomic E-state index is 0.314. The third-order valence-corrected chi connectivity index (χ3v) is 3.76. The highest BCUT2D eigenvalue weighted by Crippen LogP contribution is 2.25. The smallest absolute Gasteiger partial charge is 0.201 e. The molecule has 3 rings (SSSR count). The van der Waals surface area contributed by atoms with Gasteiger partial charge in [-0.15, -0.1) is 0 Å². The first-order valence-corrected chi connectivity index (χ1v) is 7.02. The van der Waals surface area contributed by atoms with Gasteiger partial charge < -0.3 is 10.3 Å². The van der Waals surface area contributed by atoms with Gasteiger partial charge in [-0.3, -0.25) is 4.68 Å². The summed E-state index contributed by atoms with van der Waals surface area (Å²) < 4.78 is 17.7. The lowest BCUT2D eigenvalue weighted by molar-refractivity contribution is 0.534. The second kappa shape index (κ2) is 5.24. The van der Waals surface area contributed by atoms with Gasteiger partial charge in [0.05, 0.1) is 15.5 Å². The van der Waals surface area contributed by atoms with Crippen LogP contribution in [0.1, 0.15) is 6.42 Å². The largest absolute Gasteiger partial charge is 0.369 e. The first-order chi connectivity index (χ1) is 9.65. The van der Waals surface area contributed by atoms with Gasteiger partial charge in [0.25, 0.3) is 0 Å². The molecule has 0 radical (unpaired) electrons. The van der Waals surface area contributed by atoms with Crippen molar-refractivity contribution in [3.8, 4) is 0 Å². The van der Waals surface area contributed by atoms with Crippen molar-refractivity contribution in [1.29, 1.82) is 0 Å². The second-order valence-electron chi connectivity index (χ2n) is 4.50. The molecule has 1 aromatic carbocycles. The topological polar surface area (TPSA) is 61.7 Å². The summed E-state index contributed by atoms with van der Waals surface area (Å²) in [7, 11) is 0. The maximum absolute atomic E-state index is 13.6. The Morgan fingerprint density at radius 1 is 1.30 bits per heavy atom. The van der Waals surface area contributed by atoms with Gasteiger partial charge in [0.1, 0.15) is 5.82 Å². The van der Waals surface area contributed by atoms with Crippen LogP contribution in [-0.4, -0.2) is 19.3 Å². The van der Waals surface area contributed by atoms with Crippen molar-refractivity contribution in [2.75, 3.05) is 5.73 Å². The Morgan fingerprint density at radius 3 is 2.90 bits per heavy atom. The fraction of sp³-hybridized carbons (Fsp3) is 0.231. The van der Waals surface area contributed by atoms with Crippen molar-refractivity contribution >= 4 is 32.9 Å². The number of imidazole rings is 1. The third-order valence-electron chi connectivity index (χ3n) is 3.15. The molecule has 0 aliphatic heterocycles. The van der Waals surface area contributed by atoms with Gasteiger partial charge in [0.2, 0.25) is 5.95 Å². The van der Waals surface area contributed by atoms with E-state index in [2.05, 4.69) is 26.0 Å². The molecular formula is C13H13BrFN5. The average Bonchev–Trinajstić information content (AvgIpc) is 3.01. The molecule has 104 valence electrons. The van der Waals surface area contributed by atoms with Crippen molar-refractivity contribution in [1.82, 2.24) is 19.3 Å². The van der Waals surface area contributed by atoms with Crippen molar-refractivity contribution in [2.24, 2.45) is 0 Å². The Morgan fingerprint density at radius 2 is 2.15 bits per heavy atom. The van der Waals surface area contributed by atoms with Crippen LogP contribution in [0.25, 0.3) is 11.0 Å². The highest BCUT2D eigenvalue weighted by molar-refractivity contribution is 9.10. The number of hydrogen-bond donors (Lipinski definition) is 1. The molecule has 7 heteroatoms. The van der Waals surface area contributed by atoms with Crippen LogP contribution in [0.4, 0.5) is 10.3 Å². The maximum Gasteiger partial charge on any atom is 0.201 e. The zero-order chi connectivity index (χ0) is 14.1. The van der Waals surface area contributed by atoms with Crippen LogP contribution in [0, 0.1) is 5.82 Å². The van der Waals surface area contributed by atoms with Crippen LogP contribution in [-0.2, 0) is 13.1 Å². The van der Waals surface area contributed by atoms with E-state index in [4.69, 9.17) is 5.73 Å². The lowest BCUT2D eigenvalue weighted by Gasteiger charge is -2.07. The van der Waals surface area contributed by atoms with Crippen LogP contribution in [0.5, 0.6) is 0 Å². The van der Waals surface area contributed by atoms with Crippen LogP contribution < -0.4 is 5.73 Å². The van der Waals surface area contributed by atoms with E-state index in [-0.39, 0.29) is 5.82 Å². The first-order valence-electron chi connectivity index (χ1n) is 6.23. The van der Waals surface area contributed by atoms with Crippen molar-refractivity contribution in [3.63, 3.8) is 0 Å². The maximum atomic E-state index is 13.6. The first kappa shape index (κ1) is 13.1. The fourth-order valence-corrected chi connectivity index (χ4v) is 2.53. The number of nitrogens with zero attached hydrogens (tertiary/aromatic N) is 4. The molecule has 0 spiro atoms. The molecule has 2 N–H and O–H groups in total. The molecule has 20 heavy (non-hydrogen) atoms. The summed E-state index contributed by atoms with van der Waals surface area (Å²) in [5.74, 6) is 0.0868. The summed E-state index contributed by atoms with van der Waals surface area (Å²) in [6.45, 7) is 1.45. The molecule has 0 aliphatic rings. The molecular weight excluding hydrogens is 325 g/mol. The molecule has 0 amide bonds. The van der Waals surface area contributed by atoms with E-state index in [0.29, 0.717) is 28.0 Å². The number of rotatable bonds is 4. The van der Waals surface area contributed by atoms with E-state index < -0.39 is 0 Å². The monoisotopic (exact) mass is 337 g/mol. The lowest BCUT2D eigenvalue weighted by atomic mass is 10.3. The van der Waals surface area contributed by atoms with E-state index >= 15 is 0 Å². The number of fused-ring (bicyclic) bond motifs is 1. The Hall–Kier alpha value is -1.89. The summed E-state index contributed by atoms with van der Waals surface area (Å²) in [6.07, 6.45) is 4.50. The molecule has 2 aromatic heterocycles. The van der Waals surface area contributed by atoms with Gasteiger partial charge in [-0.2, -0.15) is 5.10 Å². The SMILES string of the molecule is Nc1nc2cc(Br)c(F)cc2n1CCCn1cccn1. The van der Waals surface area contributed by atoms with Crippen LogP contribution >= 0.6 is 15.9 Å². The quantitative estimate of drug-likeness (QED) is 0.796. The summed E-state index contributed by atoms with van der Waals surface area (Å²) in [4.78, 5) is 4.25. The van der Waals surface area contributed by atoms with E-state index in [0.717, 1.165) is 13.0 Å². The van der Waals surface area contributed by atoms with E-state index in [1.165, 1.54) is 6.07 Å². The number of nitrogen functional groups attached to an aromatic ring is 1. The van der Waals surface area contributed by atoms with E-state index in [9.17, 15) is 4.39 Å². The number of nitrogens with two attached hydrogens (primary N) is 1. The van der Waals surface area contributed by atoms with E-state index in [1.54, 1.807) is 12.3 Å². The zero-order valence-corrected chi connectivity index (χ0v) is 12.2. The highest BCUT2D eigenvalue weighted by atomic mass is 79.9. The van der Waals surface area contributed by atoms with Gasteiger partial charge in [0.15, 0.2) is 0 Å². The molecule has 2 heterocycles.